The summed E-state index contributed by atoms with van der Waals surface area (Å²) in [4.78, 5) is 5.31. The molecule has 0 amide bonds. The lowest BCUT2D eigenvalue weighted by Gasteiger charge is -2.22. The van der Waals surface area contributed by atoms with E-state index in [9.17, 15) is 0 Å². The van der Waals surface area contributed by atoms with Gasteiger partial charge in [-0.1, -0.05) is 91.9 Å². The van der Waals surface area contributed by atoms with Crippen molar-refractivity contribution in [3.63, 3.8) is 0 Å². The molecule has 4 N–H and O–H groups in total. The number of unbranched alkanes of at least 4 members (excludes halogenated alkanes) is 12. The number of nitrogens with two attached hydrogens (primary N) is 2. The third-order valence-electron chi connectivity index (χ3n) is 6.67. The van der Waals surface area contributed by atoms with Gasteiger partial charge in [0.2, 0.25) is 0 Å². The molecule has 0 aliphatic carbocycles. The Morgan fingerprint density at radius 1 is 0.324 bits per heavy atom. The summed E-state index contributed by atoms with van der Waals surface area (Å²) in [5.41, 5.74) is 11.1. The maximum Gasteiger partial charge on any atom is -0.00183 e. The van der Waals surface area contributed by atoms with Crippen LogP contribution >= 0.6 is 0 Å². The van der Waals surface area contributed by atoms with Crippen molar-refractivity contribution >= 4 is 0 Å². The normalized spacial score (nSPS) is 11.3. The predicted octanol–water partition coefficient (Wildman–Crippen LogP) is 7.60. The molecule has 0 fully saturated rings. The molecule has 4 heteroatoms. The SMILES string of the molecule is CCCCCCN(CCCCN)CCCCCC.CCCCCN(CCCCC)CCCCN. The van der Waals surface area contributed by atoms with Crippen LogP contribution in [0.3, 0.4) is 0 Å². The van der Waals surface area contributed by atoms with E-state index < -0.39 is 0 Å². The van der Waals surface area contributed by atoms with Gasteiger partial charge in [-0.15, -0.1) is 0 Å². The van der Waals surface area contributed by atoms with Gasteiger partial charge in [0.25, 0.3) is 0 Å². The van der Waals surface area contributed by atoms with Crippen molar-refractivity contribution < 1.29 is 0 Å². The molecule has 0 radical (unpaired) electrons. The van der Waals surface area contributed by atoms with Crippen LogP contribution in [0.15, 0.2) is 0 Å². The Morgan fingerprint density at radius 3 is 0.824 bits per heavy atom. The summed E-state index contributed by atoms with van der Waals surface area (Å²) in [5.74, 6) is 0. The lowest BCUT2D eigenvalue weighted by atomic mass is 10.1. The summed E-state index contributed by atoms with van der Waals surface area (Å²) in [7, 11) is 0. The van der Waals surface area contributed by atoms with Gasteiger partial charge in [0.15, 0.2) is 0 Å². The van der Waals surface area contributed by atoms with Crippen LogP contribution in [0.5, 0.6) is 0 Å². The third kappa shape index (κ3) is 29.9. The molecule has 0 unspecified atom stereocenters. The van der Waals surface area contributed by atoms with Gasteiger partial charge in [0, 0.05) is 0 Å². The molecule has 4 nitrogen and oxygen atoms in total. The highest BCUT2D eigenvalue weighted by Gasteiger charge is 2.05. The molecule has 0 saturated heterocycles. The molecule has 0 spiro atoms. The monoisotopic (exact) mass is 485 g/mol. The van der Waals surface area contributed by atoms with Gasteiger partial charge in [-0.05, 0) is 104 Å². The number of hydrogen-bond donors (Lipinski definition) is 2. The lowest BCUT2D eigenvalue weighted by Crippen LogP contribution is -2.27. The second-order valence-corrected chi connectivity index (χ2v) is 10.2. The van der Waals surface area contributed by atoms with Crippen molar-refractivity contribution in [2.75, 3.05) is 52.4 Å². The summed E-state index contributed by atoms with van der Waals surface area (Å²) < 4.78 is 0. The smallest absolute Gasteiger partial charge is 0.00183 e. The fraction of sp³-hybridized carbons (Fsp3) is 1.00. The highest BCUT2D eigenvalue weighted by atomic mass is 15.1. The second-order valence-electron chi connectivity index (χ2n) is 10.2. The summed E-state index contributed by atoms with van der Waals surface area (Å²) >= 11 is 0. The minimum absolute atomic E-state index is 0.845. The van der Waals surface area contributed by atoms with E-state index in [4.69, 9.17) is 11.5 Å². The second kappa shape index (κ2) is 32.8. The van der Waals surface area contributed by atoms with Crippen LogP contribution in [0.2, 0.25) is 0 Å². The van der Waals surface area contributed by atoms with Crippen LogP contribution in [-0.2, 0) is 0 Å². The molecule has 0 atom stereocenters. The molecular formula is C30H68N4. The van der Waals surface area contributed by atoms with Crippen molar-refractivity contribution in [2.45, 2.75) is 143 Å². The summed E-state index contributed by atoms with van der Waals surface area (Å²) in [6.07, 6.45) is 24.1. The van der Waals surface area contributed by atoms with Crippen molar-refractivity contribution in [1.82, 2.24) is 9.80 Å². The van der Waals surface area contributed by atoms with Crippen molar-refractivity contribution in [3.05, 3.63) is 0 Å². The Balaban J connectivity index is 0. The Hall–Kier alpha value is -0.160. The van der Waals surface area contributed by atoms with Gasteiger partial charge in [-0.25, -0.2) is 0 Å². The van der Waals surface area contributed by atoms with E-state index in [-0.39, 0.29) is 0 Å². The van der Waals surface area contributed by atoms with Gasteiger partial charge in [-0.3, -0.25) is 0 Å². The average Bonchev–Trinajstić information content (AvgIpc) is 2.84. The van der Waals surface area contributed by atoms with Crippen molar-refractivity contribution in [3.8, 4) is 0 Å². The Morgan fingerprint density at radius 2 is 0.559 bits per heavy atom. The molecule has 0 bridgehead atoms. The van der Waals surface area contributed by atoms with E-state index in [1.54, 1.807) is 0 Å². The lowest BCUT2D eigenvalue weighted by molar-refractivity contribution is 0.256. The zero-order valence-corrected chi connectivity index (χ0v) is 24.4. The molecule has 34 heavy (non-hydrogen) atoms. The van der Waals surface area contributed by atoms with Crippen LogP contribution in [0.1, 0.15) is 143 Å². The molecule has 0 aromatic heterocycles. The van der Waals surface area contributed by atoms with E-state index in [2.05, 4.69) is 37.5 Å². The van der Waals surface area contributed by atoms with Crippen LogP contribution in [-0.4, -0.2) is 62.2 Å². The van der Waals surface area contributed by atoms with Crippen LogP contribution in [0.4, 0.5) is 0 Å². The predicted molar refractivity (Wildman–Crippen MR) is 157 cm³/mol. The first-order valence-corrected chi connectivity index (χ1v) is 15.5. The van der Waals surface area contributed by atoms with Gasteiger partial charge >= 0.3 is 0 Å². The van der Waals surface area contributed by atoms with Crippen molar-refractivity contribution in [2.24, 2.45) is 11.5 Å². The fourth-order valence-corrected chi connectivity index (χ4v) is 4.33. The van der Waals surface area contributed by atoms with Gasteiger partial charge in [-0.2, -0.15) is 0 Å². The minimum atomic E-state index is 0.845. The molecule has 208 valence electrons. The van der Waals surface area contributed by atoms with E-state index in [1.807, 2.05) is 0 Å². The van der Waals surface area contributed by atoms with Gasteiger partial charge in [0.1, 0.15) is 0 Å². The molecule has 0 aliphatic rings. The van der Waals surface area contributed by atoms with Crippen LogP contribution in [0, 0.1) is 0 Å². The summed E-state index contributed by atoms with van der Waals surface area (Å²) in [6, 6.07) is 0. The topological polar surface area (TPSA) is 58.5 Å². The molecule has 0 saturated carbocycles. The highest BCUT2D eigenvalue weighted by molar-refractivity contribution is 4.60. The van der Waals surface area contributed by atoms with E-state index in [1.165, 1.54) is 155 Å². The first kappa shape index (κ1) is 36.0. The summed E-state index contributed by atoms with van der Waals surface area (Å²) in [5, 5.41) is 0. The maximum atomic E-state index is 5.58. The largest absolute Gasteiger partial charge is 0.330 e. The number of hydrogen-bond acceptors (Lipinski definition) is 4. The van der Waals surface area contributed by atoms with E-state index >= 15 is 0 Å². The van der Waals surface area contributed by atoms with Gasteiger partial charge < -0.3 is 21.3 Å². The average molecular weight is 485 g/mol. The number of nitrogens with zero attached hydrogens (tertiary/aromatic N) is 2. The Labute approximate surface area is 217 Å². The Kier molecular flexibility index (Phi) is 34.8. The fourth-order valence-electron chi connectivity index (χ4n) is 4.33. The van der Waals surface area contributed by atoms with Crippen LogP contribution in [0.25, 0.3) is 0 Å². The highest BCUT2D eigenvalue weighted by Crippen LogP contribution is 2.07. The first-order valence-electron chi connectivity index (χ1n) is 15.5. The quantitative estimate of drug-likeness (QED) is 0.124. The molecule has 0 rings (SSSR count). The van der Waals surface area contributed by atoms with E-state index in [0.29, 0.717) is 0 Å². The molecule has 0 aliphatic heterocycles. The zero-order chi connectivity index (χ0) is 25.5. The number of rotatable bonds is 26. The molecule has 0 aromatic rings. The van der Waals surface area contributed by atoms with E-state index in [0.717, 1.165) is 13.1 Å². The third-order valence-corrected chi connectivity index (χ3v) is 6.67. The first-order chi connectivity index (χ1) is 16.7. The standard InChI is InChI=1S/C16H36N2.C14H32N2/c1-3-5-7-10-14-18(16-12-9-13-17)15-11-8-6-4-2;1-3-5-8-12-16(13-9-6-4-2)14-10-7-11-15/h3-17H2,1-2H3;3-15H2,1-2H3. The minimum Gasteiger partial charge on any atom is -0.330 e. The van der Waals surface area contributed by atoms with Gasteiger partial charge in [0.05, 0.1) is 0 Å². The van der Waals surface area contributed by atoms with Crippen LogP contribution < -0.4 is 11.5 Å². The molecular weight excluding hydrogens is 416 g/mol. The molecule has 0 heterocycles. The van der Waals surface area contributed by atoms with Crippen molar-refractivity contribution in [1.29, 1.82) is 0 Å². The summed E-state index contributed by atoms with van der Waals surface area (Å²) in [6.45, 7) is 18.5. The maximum absolute atomic E-state index is 5.58. The zero-order valence-electron chi connectivity index (χ0n) is 24.4. The molecule has 0 aromatic carbocycles. The Bertz CT molecular complexity index is 302.